The molecule has 26 heavy (non-hydrogen) atoms. The van der Waals surface area contributed by atoms with Crippen molar-refractivity contribution in [3.63, 3.8) is 0 Å². The topological polar surface area (TPSA) is 76.1 Å². The number of fused-ring (bicyclic) bond motifs is 1. The maximum Gasteiger partial charge on any atom is 0.337 e. The van der Waals surface area contributed by atoms with Crippen molar-refractivity contribution in [2.75, 3.05) is 21.2 Å². The minimum absolute atomic E-state index is 0.0916. The first kappa shape index (κ1) is 17.7. The fourth-order valence-electron chi connectivity index (χ4n) is 2.75. The van der Waals surface area contributed by atoms with Crippen molar-refractivity contribution in [3.05, 3.63) is 64.4 Å². The molecule has 0 fully saturated rings. The van der Waals surface area contributed by atoms with E-state index >= 15 is 0 Å². The third kappa shape index (κ3) is 3.32. The third-order valence-corrected chi connectivity index (χ3v) is 4.02. The number of esters is 1. The number of aromatic hydroxyl groups is 1. The number of nitrogens with zero attached hydrogens (tertiary/aromatic N) is 1. The lowest BCUT2D eigenvalue weighted by Crippen LogP contribution is -2.11. The molecule has 2 aromatic rings. The highest BCUT2D eigenvalue weighted by molar-refractivity contribution is 6.15. The molecule has 134 valence electrons. The number of ketones is 1. The molecule has 1 heterocycles. The summed E-state index contributed by atoms with van der Waals surface area (Å²) in [6, 6.07) is 9.72. The Bertz CT molecular complexity index is 897. The van der Waals surface area contributed by atoms with E-state index < -0.39 is 5.97 Å². The highest BCUT2D eigenvalue weighted by atomic mass is 16.5. The van der Waals surface area contributed by atoms with E-state index in [1.165, 1.54) is 13.2 Å². The lowest BCUT2D eigenvalue weighted by molar-refractivity contribution is 0.0600. The Hall–Kier alpha value is -3.12. The number of carbonyl (C=O) groups excluding carboxylic acids is 2. The number of ether oxygens (including phenoxy) is 2. The average Bonchev–Trinajstić information content (AvgIpc) is 2.93. The molecule has 0 atom stereocenters. The molecule has 2 aromatic carbocycles. The highest BCUT2D eigenvalue weighted by Gasteiger charge is 2.31. The fourth-order valence-corrected chi connectivity index (χ4v) is 2.75. The second-order valence-corrected chi connectivity index (χ2v) is 6.23. The lowest BCUT2D eigenvalue weighted by Gasteiger charge is -2.13. The van der Waals surface area contributed by atoms with Gasteiger partial charge in [-0.05, 0) is 50.0 Å². The Morgan fingerprint density at radius 2 is 1.88 bits per heavy atom. The molecule has 1 aliphatic rings. The molecular weight excluding hydrogens is 334 g/mol. The average molecular weight is 353 g/mol. The molecule has 6 heteroatoms. The minimum atomic E-state index is -0.423. The predicted molar refractivity (Wildman–Crippen MR) is 96.2 cm³/mol. The molecule has 0 bridgehead atoms. The number of benzene rings is 2. The predicted octanol–water partition coefficient (Wildman–Crippen LogP) is 2.86. The number of rotatable bonds is 4. The van der Waals surface area contributed by atoms with Crippen molar-refractivity contribution in [2.24, 2.45) is 0 Å². The first-order valence-electron chi connectivity index (χ1n) is 8.03. The van der Waals surface area contributed by atoms with Gasteiger partial charge in [0.25, 0.3) is 0 Å². The van der Waals surface area contributed by atoms with Crippen molar-refractivity contribution in [1.29, 1.82) is 0 Å². The highest BCUT2D eigenvalue weighted by Crippen LogP contribution is 2.39. The van der Waals surface area contributed by atoms with Gasteiger partial charge in [0, 0.05) is 6.54 Å². The fraction of sp³-hybridized carbons (Fsp3) is 0.200. The van der Waals surface area contributed by atoms with Gasteiger partial charge in [0.15, 0.2) is 5.76 Å². The second kappa shape index (κ2) is 7.01. The van der Waals surface area contributed by atoms with Crippen molar-refractivity contribution in [1.82, 2.24) is 4.90 Å². The molecule has 3 rings (SSSR count). The van der Waals surface area contributed by atoms with Gasteiger partial charge in [0.05, 0.1) is 23.8 Å². The van der Waals surface area contributed by atoms with Gasteiger partial charge in [-0.1, -0.05) is 12.1 Å². The van der Waals surface area contributed by atoms with Crippen LogP contribution in [0.2, 0.25) is 0 Å². The first-order chi connectivity index (χ1) is 12.4. The molecule has 0 radical (unpaired) electrons. The monoisotopic (exact) mass is 353 g/mol. The molecular formula is C20H19NO5. The minimum Gasteiger partial charge on any atom is -0.507 e. The van der Waals surface area contributed by atoms with Crippen LogP contribution in [0.4, 0.5) is 0 Å². The van der Waals surface area contributed by atoms with Crippen LogP contribution in [-0.4, -0.2) is 43.0 Å². The third-order valence-electron chi connectivity index (χ3n) is 4.02. The molecule has 0 aromatic heterocycles. The summed E-state index contributed by atoms with van der Waals surface area (Å²) in [7, 11) is 5.06. The lowest BCUT2D eigenvalue weighted by atomic mass is 10.0. The zero-order chi connectivity index (χ0) is 18.8. The summed E-state index contributed by atoms with van der Waals surface area (Å²) >= 11 is 0. The van der Waals surface area contributed by atoms with E-state index in [0.29, 0.717) is 34.5 Å². The van der Waals surface area contributed by atoms with Crippen molar-refractivity contribution in [2.45, 2.75) is 6.54 Å². The van der Waals surface area contributed by atoms with Gasteiger partial charge in [-0.2, -0.15) is 0 Å². The van der Waals surface area contributed by atoms with E-state index in [1.807, 2.05) is 19.0 Å². The van der Waals surface area contributed by atoms with Crippen LogP contribution in [0.1, 0.15) is 31.8 Å². The summed E-state index contributed by atoms with van der Waals surface area (Å²) in [6.07, 6.45) is 1.61. The molecule has 1 aliphatic heterocycles. The molecule has 0 saturated carbocycles. The summed E-state index contributed by atoms with van der Waals surface area (Å²) in [6.45, 7) is 0.448. The molecule has 0 saturated heterocycles. The van der Waals surface area contributed by atoms with Gasteiger partial charge in [0.1, 0.15) is 11.5 Å². The van der Waals surface area contributed by atoms with Crippen LogP contribution in [0, 0.1) is 0 Å². The van der Waals surface area contributed by atoms with Crippen molar-refractivity contribution in [3.8, 4) is 11.5 Å². The Morgan fingerprint density at radius 1 is 1.19 bits per heavy atom. The van der Waals surface area contributed by atoms with E-state index in [2.05, 4.69) is 4.74 Å². The van der Waals surface area contributed by atoms with Crippen molar-refractivity contribution < 1.29 is 24.2 Å². The van der Waals surface area contributed by atoms with Gasteiger partial charge in [0.2, 0.25) is 5.78 Å². The van der Waals surface area contributed by atoms with Crippen LogP contribution in [-0.2, 0) is 11.3 Å². The maximum absolute atomic E-state index is 12.6. The number of hydrogen-bond donors (Lipinski definition) is 1. The smallest absolute Gasteiger partial charge is 0.337 e. The van der Waals surface area contributed by atoms with E-state index in [1.54, 1.807) is 36.4 Å². The number of carbonyl (C=O) groups is 2. The molecule has 0 aliphatic carbocycles. The Labute approximate surface area is 151 Å². The summed E-state index contributed by atoms with van der Waals surface area (Å²) < 4.78 is 10.4. The molecule has 6 nitrogen and oxygen atoms in total. The SMILES string of the molecule is COC(=O)c1ccc(/C=C2\Oc3c(ccc(O)c3CN(C)C)C2=O)cc1. The van der Waals surface area contributed by atoms with Gasteiger partial charge in [-0.25, -0.2) is 4.79 Å². The van der Waals surface area contributed by atoms with Gasteiger partial charge in [-0.15, -0.1) is 0 Å². The Balaban J connectivity index is 1.92. The van der Waals surface area contributed by atoms with Gasteiger partial charge < -0.3 is 19.5 Å². The molecule has 0 amide bonds. The van der Waals surface area contributed by atoms with E-state index in [4.69, 9.17) is 4.74 Å². The van der Waals surface area contributed by atoms with Crippen LogP contribution < -0.4 is 4.74 Å². The van der Waals surface area contributed by atoms with Crippen LogP contribution in [0.5, 0.6) is 11.5 Å². The second-order valence-electron chi connectivity index (χ2n) is 6.23. The maximum atomic E-state index is 12.6. The number of Topliss-reactive ketones (excluding diaryl/α,β-unsaturated/α-hetero) is 1. The van der Waals surface area contributed by atoms with Crippen LogP contribution in [0.3, 0.4) is 0 Å². The molecule has 0 spiro atoms. The molecule has 1 N–H and O–H groups in total. The number of phenolic OH excluding ortho intramolecular Hbond substituents is 1. The summed E-state index contributed by atoms with van der Waals surface area (Å²) in [5, 5.41) is 10.1. The van der Waals surface area contributed by atoms with Crippen molar-refractivity contribution >= 4 is 17.8 Å². The Morgan fingerprint density at radius 3 is 2.50 bits per heavy atom. The first-order valence-corrected chi connectivity index (χ1v) is 8.03. The zero-order valence-corrected chi connectivity index (χ0v) is 14.8. The van der Waals surface area contributed by atoms with Crippen LogP contribution in [0.25, 0.3) is 6.08 Å². The van der Waals surface area contributed by atoms with Gasteiger partial charge in [-0.3, -0.25) is 4.79 Å². The van der Waals surface area contributed by atoms with Crippen LogP contribution in [0.15, 0.2) is 42.2 Å². The zero-order valence-electron chi connectivity index (χ0n) is 14.8. The summed E-state index contributed by atoms with van der Waals surface area (Å²) in [5.41, 5.74) is 2.14. The molecule has 0 unspecified atom stereocenters. The summed E-state index contributed by atoms with van der Waals surface area (Å²) in [5.74, 6) is -0.00265. The number of phenols is 1. The van der Waals surface area contributed by atoms with Gasteiger partial charge >= 0.3 is 5.97 Å². The Kier molecular flexibility index (Phi) is 4.77. The number of hydrogen-bond acceptors (Lipinski definition) is 6. The largest absolute Gasteiger partial charge is 0.507 e. The van der Waals surface area contributed by atoms with E-state index in [9.17, 15) is 14.7 Å². The summed E-state index contributed by atoms with van der Waals surface area (Å²) in [4.78, 5) is 26.0. The normalized spacial score (nSPS) is 14.5. The van der Waals surface area contributed by atoms with Crippen LogP contribution >= 0.6 is 0 Å². The number of allylic oxidation sites excluding steroid dienone is 1. The van der Waals surface area contributed by atoms with E-state index in [0.717, 1.165) is 0 Å². The van der Waals surface area contributed by atoms with E-state index in [-0.39, 0.29) is 17.3 Å². The quantitative estimate of drug-likeness (QED) is 0.673. The standard InChI is InChI=1S/C20H19NO5/c1-21(2)11-15-16(22)9-8-14-18(23)17(26-19(14)15)10-12-4-6-13(7-5-12)20(24)25-3/h4-10,22H,11H2,1-3H3/b17-10-. The number of methoxy groups -OCH3 is 1.